The Hall–Kier alpha value is -2.15. The number of carbonyl (C=O) groups is 1. The standard InChI is InChI=1S/C13H17N3O4/c1-20-13(17)10-4-5-15(8-10)7-9-2-3-11(14)12(6-9)16(18)19/h2-3,6,10H,4-5,7-8,14H2,1H3. The summed E-state index contributed by atoms with van der Waals surface area (Å²) in [6.07, 6.45) is 0.754. The van der Waals surface area contributed by atoms with Gasteiger partial charge in [0.25, 0.3) is 5.69 Å². The van der Waals surface area contributed by atoms with E-state index in [1.54, 1.807) is 12.1 Å². The number of methoxy groups -OCH3 is 1. The second-order valence-corrected chi connectivity index (χ2v) is 4.89. The quantitative estimate of drug-likeness (QED) is 0.384. The van der Waals surface area contributed by atoms with E-state index in [4.69, 9.17) is 10.5 Å². The van der Waals surface area contributed by atoms with Gasteiger partial charge in [-0.3, -0.25) is 19.8 Å². The molecule has 0 aliphatic carbocycles. The smallest absolute Gasteiger partial charge is 0.310 e. The van der Waals surface area contributed by atoms with Crippen molar-refractivity contribution >= 4 is 17.3 Å². The van der Waals surface area contributed by atoms with Gasteiger partial charge in [-0.2, -0.15) is 0 Å². The molecule has 0 radical (unpaired) electrons. The number of nitrogen functional groups attached to an aromatic ring is 1. The molecule has 1 aromatic rings. The lowest BCUT2D eigenvalue weighted by atomic mass is 10.1. The lowest BCUT2D eigenvalue weighted by molar-refractivity contribution is -0.384. The normalized spacial score (nSPS) is 18.9. The van der Waals surface area contributed by atoms with E-state index in [2.05, 4.69) is 4.90 Å². The third kappa shape index (κ3) is 3.05. The van der Waals surface area contributed by atoms with Crippen LogP contribution < -0.4 is 5.73 Å². The van der Waals surface area contributed by atoms with Crippen LogP contribution in [0.5, 0.6) is 0 Å². The van der Waals surface area contributed by atoms with E-state index in [9.17, 15) is 14.9 Å². The summed E-state index contributed by atoms with van der Waals surface area (Å²) < 4.78 is 4.73. The molecule has 0 aromatic heterocycles. The molecule has 1 heterocycles. The maximum absolute atomic E-state index is 11.4. The second kappa shape index (κ2) is 5.87. The second-order valence-electron chi connectivity index (χ2n) is 4.89. The molecule has 108 valence electrons. The number of nitro benzene ring substituents is 1. The zero-order chi connectivity index (χ0) is 14.7. The van der Waals surface area contributed by atoms with Crippen molar-refractivity contribution < 1.29 is 14.5 Å². The van der Waals surface area contributed by atoms with Crippen molar-refractivity contribution in [2.24, 2.45) is 5.92 Å². The van der Waals surface area contributed by atoms with E-state index in [0.717, 1.165) is 18.5 Å². The van der Waals surface area contributed by atoms with Gasteiger partial charge in [-0.05, 0) is 24.6 Å². The van der Waals surface area contributed by atoms with Gasteiger partial charge < -0.3 is 10.5 Å². The molecule has 1 unspecified atom stereocenters. The highest BCUT2D eigenvalue weighted by atomic mass is 16.6. The molecule has 1 aromatic carbocycles. The lowest BCUT2D eigenvalue weighted by Gasteiger charge is -2.15. The van der Waals surface area contributed by atoms with Gasteiger partial charge in [-0.25, -0.2) is 0 Å². The third-order valence-electron chi connectivity index (χ3n) is 3.50. The number of rotatable bonds is 4. The van der Waals surface area contributed by atoms with Crippen LogP contribution in [0.25, 0.3) is 0 Å². The van der Waals surface area contributed by atoms with Crippen LogP contribution >= 0.6 is 0 Å². The van der Waals surface area contributed by atoms with Crippen LogP contribution in [-0.4, -0.2) is 36.0 Å². The van der Waals surface area contributed by atoms with Crippen LogP contribution in [0.15, 0.2) is 18.2 Å². The molecule has 7 heteroatoms. The van der Waals surface area contributed by atoms with Gasteiger partial charge in [-0.15, -0.1) is 0 Å². The van der Waals surface area contributed by atoms with Crippen molar-refractivity contribution in [3.63, 3.8) is 0 Å². The largest absolute Gasteiger partial charge is 0.469 e. The average molecular weight is 279 g/mol. The van der Waals surface area contributed by atoms with Crippen molar-refractivity contribution in [3.05, 3.63) is 33.9 Å². The van der Waals surface area contributed by atoms with Gasteiger partial charge in [-0.1, -0.05) is 6.07 Å². The van der Waals surface area contributed by atoms with Gasteiger partial charge in [0.1, 0.15) is 5.69 Å². The zero-order valence-corrected chi connectivity index (χ0v) is 11.2. The van der Waals surface area contributed by atoms with Crippen LogP contribution in [0.1, 0.15) is 12.0 Å². The topological polar surface area (TPSA) is 98.7 Å². The van der Waals surface area contributed by atoms with E-state index < -0.39 is 4.92 Å². The Bertz CT molecular complexity index is 532. The molecule has 0 spiro atoms. The number of benzene rings is 1. The Morgan fingerprint density at radius 2 is 2.35 bits per heavy atom. The van der Waals surface area contributed by atoms with E-state index in [1.165, 1.54) is 13.2 Å². The monoisotopic (exact) mass is 279 g/mol. The molecule has 20 heavy (non-hydrogen) atoms. The number of likely N-dealkylation sites (tertiary alicyclic amines) is 1. The predicted molar refractivity (Wildman–Crippen MR) is 72.9 cm³/mol. The van der Waals surface area contributed by atoms with Crippen molar-refractivity contribution in [1.29, 1.82) is 0 Å². The SMILES string of the molecule is COC(=O)C1CCN(Cc2ccc(N)c([N+](=O)[O-])c2)C1. The first-order valence-electron chi connectivity index (χ1n) is 6.34. The number of anilines is 1. The fraction of sp³-hybridized carbons (Fsp3) is 0.462. The fourth-order valence-corrected chi connectivity index (χ4v) is 2.44. The van der Waals surface area contributed by atoms with Gasteiger partial charge in [0, 0.05) is 19.2 Å². The Morgan fingerprint density at radius 1 is 1.60 bits per heavy atom. The molecule has 0 bridgehead atoms. The minimum Gasteiger partial charge on any atom is -0.469 e. The molecule has 0 saturated carbocycles. The maximum Gasteiger partial charge on any atom is 0.310 e. The fourth-order valence-electron chi connectivity index (χ4n) is 2.44. The number of ether oxygens (including phenoxy) is 1. The van der Waals surface area contributed by atoms with Gasteiger partial charge in [0.05, 0.1) is 18.0 Å². The number of carbonyl (C=O) groups excluding carboxylic acids is 1. The first-order valence-corrected chi connectivity index (χ1v) is 6.34. The minimum atomic E-state index is -0.486. The molecule has 1 aliphatic heterocycles. The van der Waals surface area contributed by atoms with Gasteiger partial charge >= 0.3 is 5.97 Å². The minimum absolute atomic E-state index is 0.0776. The highest BCUT2D eigenvalue weighted by Gasteiger charge is 2.29. The molecule has 7 nitrogen and oxygen atoms in total. The summed E-state index contributed by atoms with van der Waals surface area (Å²) in [6.45, 7) is 1.96. The number of hydrogen-bond acceptors (Lipinski definition) is 6. The van der Waals surface area contributed by atoms with E-state index in [0.29, 0.717) is 13.1 Å². The Morgan fingerprint density at radius 3 is 3.00 bits per heavy atom. The molecule has 1 fully saturated rings. The maximum atomic E-state index is 11.4. The number of esters is 1. The zero-order valence-electron chi connectivity index (χ0n) is 11.2. The summed E-state index contributed by atoms with van der Waals surface area (Å²) in [5, 5.41) is 10.8. The molecule has 0 amide bonds. The Balaban J connectivity index is 2.03. The van der Waals surface area contributed by atoms with Gasteiger partial charge in [0.15, 0.2) is 0 Å². The van der Waals surface area contributed by atoms with Crippen LogP contribution in [0, 0.1) is 16.0 Å². The van der Waals surface area contributed by atoms with Crippen molar-refractivity contribution in [3.8, 4) is 0 Å². The van der Waals surface area contributed by atoms with E-state index in [1.807, 2.05) is 0 Å². The molecule has 2 N–H and O–H groups in total. The molecule has 1 atom stereocenters. The summed E-state index contributed by atoms with van der Waals surface area (Å²) in [6, 6.07) is 4.80. The highest BCUT2D eigenvalue weighted by molar-refractivity contribution is 5.72. The van der Waals surface area contributed by atoms with Crippen molar-refractivity contribution in [2.45, 2.75) is 13.0 Å². The Labute approximate surface area is 116 Å². The molecular formula is C13H17N3O4. The van der Waals surface area contributed by atoms with Crippen molar-refractivity contribution in [1.82, 2.24) is 4.90 Å². The molecular weight excluding hydrogens is 262 g/mol. The molecule has 1 saturated heterocycles. The number of nitrogens with two attached hydrogens (primary N) is 1. The van der Waals surface area contributed by atoms with Crippen molar-refractivity contribution in [2.75, 3.05) is 25.9 Å². The van der Waals surface area contributed by atoms with Crippen LogP contribution in [0.3, 0.4) is 0 Å². The van der Waals surface area contributed by atoms with Crippen LogP contribution in [0.4, 0.5) is 11.4 Å². The van der Waals surface area contributed by atoms with Crippen LogP contribution in [0.2, 0.25) is 0 Å². The molecule has 2 rings (SSSR count). The molecule has 1 aliphatic rings. The summed E-state index contributed by atoms with van der Waals surface area (Å²) in [4.78, 5) is 23.9. The predicted octanol–water partition coefficient (Wildman–Crippen LogP) is 1.17. The summed E-state index contributed by atoms with van der Waals surface area (Å²) >= 11 is 0. The van der Waals surface area contributed by atoms with E-state index >= 15 is 0 Å². The first kappa shape index (κ1) is 14.3. The summed E-state index contributed by atoms with van der Waals surface area (Å²) in [7, 11) is 1.38. The van der Waals surface area contributed by atoms with Gasteiger partial charge in [0.2, 0.25) is 0 Å². The first-order chi connectivity index (χ1) is 9.51. The Kier molecular flexibility index (Phi) is 4.19. The number of hydrogen-bond donors (Lipinski definition) is 1. The summed E-state index contributed by atoms with van der Waals surface area (Å²) in [5.41, 5.74) is 6.46. The third-order valence-corrected chi connectivity index (χ3v) is 3.50. The lowest BCUT2D eigenvalue weighted by Crippen LogP contribution is -2.23. The summed E-state index contributed by atoms with van der Waals surface area (Å²) in [5.74, 6) is -0.306. The number of nitrogens with zero attached hydrogens (tertiary/aromatic N) is 2. The average Bonchev–Trinajstić information content (AvgIpc) is 2.88. The van der Waals surface area contributed by atoms with E-state index in [-0.39, 0.29) is 23.3 Å². The highest BCUT2D eigenvalue weighted by Crippen LogP contribution is 2.25. The van der Waals surface area contributed by atoms with Crippen LogP contribution in [-0.2, 0) is 16.1 Å². The number of nitro groups is 1.